The van der Waals surface area contributed by atoms with Crippen molar-refractivity contribution < 1.29 is 4.79 Å². The average Bonchev–Trinajstić information content (AvgIpc) is 2.86. The third-order valence-corrected chi connectivity index (χ3v) is 4.01. The van der Waals surface area contributed by atoms with Crippen molar-refractivity contribution in [3.8, 4) is 0 Å². The van der Waals surface area contributed by atoms with Crippen molar-refractivity contribution in [1.29, 1.82) is 0 Å². The standard InChI is InChI=1S/C15H12Cl2N4O/c16-11-2-1-3-12(15(11)17)20-14(22)8-21-13-6-10(18)5-4-9(13)7-19-21/h1-7H,8,18H2,(H,20,22). The summed E-state index contributed by atoms with van der Waals surface area (Å²) in [7, 11) is 0. The second-order valence-electron chi connectivity index (χ2n) is 4.77. The Bertz CT molecular complexity index is 860. The van der Waals surface area contributed by atoms with E-state index in [-0.39, 0.29) is 12.5 Å². The fraction of sp³-hybridized carbons (Fsp3) is 0.0667. The minimum absolute atomic E-state index is 0.0514. The van der Waals surface area contributed by atoms with Gasteiger partial charge in [0.2, 0.25) is 5.91 Å². The molecule has 3 N–H and O–H groups in total. The van der Waals surface area contributed by atoms with Crippen molar-refractivity contribution in [3.05, 3.63) is 52.6 Å². The fourth-order valence-electron chi connectivity index (χ4n) is 2.14. The molecule has 0 spiro atoms. The minimum Gasteiger partial charge on any atom is -0.399 e. The molecule has 22 heavy (non-hydrogen) atoms. The van der Waals surface area contributed by atoms with Crippen LogP contribution >= 0.6 is 23.2 Å². The summed E-state index contributed by atoms with van der Waals surface area (Å²) in [5.41, 5.74) is 7.65. The van der Waals surface area contributed by atoms with E-state index in [2.05, 4.69) is 10.4 Å². The van der Waals surface area contributed by atoms with Crippen LogP contribution < -0.4 is 11.1 Å². The Morgan fingerprint density at radius 1 is 1.27 bits per heavy atom. The van der Waals surface area contributed by atoms with Gasteiger partial charge < -0.3 is 11.1 Å². The van der Waals surface area contributed by atoms with Crippen LogP contribution in [0.4, 0.5) is 11.4 Å². The van der Waals surface area contributed by atoms with Crippen LogP contribution in [0, 0.1) is 0 Å². The van der Waals surface area contributed by atoms with Gasteiger partial charge in [0, 0.05) is 11.1 Å². The number of halogens is 2. The molecule has 0 aliphatic heterocycles. The second kappa shape index (κ2) is 5.87. The summed E-state index contributed by atoms with van der Waals surface area (Å²) in [4.78, 5) is 12.2. The molecular weight excluding hydrogens is 323 g/mol. The van der Waals surface area contributed by atoms with E-state index >= 15 is 0 Å². The van der Waals surface area contributed by atoms with Crippen molar-refractivity contribution in [1.82, 2.24) is 9.78 Å². The maximum atomic E-state index is 12.2. The highest BCUT2D eigenvalue weighted by atomic mass is 35.5. The molecular formula is C15H12Cl2N4O. The molecule has 1 amide bonds. The summed E-state index contributed by atoms with van der Waals surface area (Å²) in [5.74, 6) is -0.253. The zero-order chi connectivity index (χ0) is 15.7. The van der Waals surface area contributed by atoms with Crippen LogP contribution in [0.25, 0.3) is 10.9 Å². The molecule has 0 aliphatic carbocycles. The van der Waals surface area contributed by atoms with E-state index < -0.39 is 0 Å². The van der Waals surface area contributed by atoms with Gasteiger partial charge in [0.05, 0.1) is 27.4 Å². The molecule has 0 radical (unpaired) electrons. The van der Waals surface area contributed by atoms with Crippen LogP contribution in [0.15, 0.2) is 42.6 Å². The number of rotatable bonds is 3. The molecule has 0 bridgehead atoms. The molecule has 0 unspecified atom stereocenters. The van der Waals surface area contributed by atoms with Gasteiger partial charge in [-0.05, 0) is 30.3 Å². The van der Waals surface area contributed by atoms with Crippen LogP contribution in [0.3, 0.4) is 0 Å². The first-order chi connectivity index (χ1) is 10.5. The molecule has 2 aromatic carbocycles. The van der Waals surface area contributed by atoms with Gasteiger partial charge in [0.25, 0.3) is 0 Å². The topological polar surface area (TPSA) is 72.9 Å². The SMILES string of the molecule is Nc1ccc2cnn(CC(=O)Nc3cccc(Cl)c3Cl)c2c1. The molecule has 1 aromatic heterocycles. The zero-order valence-corrected chi connectivity index (χ0v) is 12.9. The van der Waals surface area contributed by atoms with E-state index in [1.807, 2.05) is 6.07 Å². The molecule has 0 atom stereocenters. The second-order valence-corrected chi connectivity index (χ2v) is 5.56. The maximum absolute atomic E-state index is 12.2. The van der Waals surface area contributed by atoms with E-state index in [4.69, 9.17) is 28.9 Å². The van der Waals surface area contributed by atoms with Crippen molar-refractivity contribution >= 4 is 51.4 Å². The van der Waals surface area contributed by atoms with Gasteiger partial charge in [0.15, 0.2) is 0 Å². The Morgan fingerprint density at radius 3 is 2.91 bits per heavy atom. The van der Waals surface area contributed by atoms with Gasteiger partial charge in [-0.1, -0.05) is 29.3 Å². The first kappa shape index (κ1) is 14.7. The van der Waals surface area contributed by atoms with Gasteiger partial charge in [-0.15, -0.1) is 0 Å². The minimum atomic E-state index is -0.253. The molecule has 5 nitrogen and oxygen atoms in total. The number of carbonyl (C=O) groups excluding carboxylic acids is 1. The molecule has 0 aliphatic rings. The van der Waals surface area contributed by atoms with Gasteiger partial charge in [-0.2, -0.15) is 5.10 Å². The van der Waals surface area contributed by atoms with Crippen molar-refractivity contribution in [2.24, 2.45) is 0 Å². The number of amides is 1. The number of nitrogens with two attached hydrogens (primary N) is 1. The number of anilines is 2. The predicted octanol–water partition coefficient (Wildman–Crippen LogP) is 3.56. The fourth-order valence-corrected chi connectivity index (χ4v) is 2.49. The van der Waals surface area contributed by atoms with E-state index in [9.17, 15) is 4.79 Å². The number of nitrogens with zero attached hydrogens (tertiary/aromatic N) is 2. The first-order valence-corrected chi connectivity index (χ1v) is 7.25. The molecule has 7 heteroatoms. The Hall–Kier alpha value is -2.24. The summed E-state index contributed by atoms with van der Waals surface area (Å²) < 4.78 is 1.58. The lowest BCUT2D eigenvalue weighted by molar-refractivity contribution is -0.116. The molecule has 112 valence electrons. The summed E-state index contributed by atoms with van der Waals surface area (Å²) in [6, 6.07) is 10.5. The van der Waals surface area contributed by atoms with Crippen molar-refractivity contribution in [2.75, 3.05) is 11.1 Å². The maximum Gasteiger partial charge on any atom is 0.246 e. The quantitative estimate of drug-likeness (QED) is 0.719. The first-order valence-electron chi connectivity index (χ1n) is 6.49. The van der Waals surface area contributed by atoms with E-state index in [1.54, 1.807) is 41.2 Å². The van der Waals surface area contributed by atoms with Crippen LogP contribution in [-0.4, -0.2) is 15.7 Å². The zero-order valence-electron chi connectivity index (χ0n) is 11.4. The lowest BCUT2D eigenvalue weighted by Crippen LogP contribution is -2.19. The number of nitrogens with one attached hydrogen (secondary N) is 1. The smallest absolute Gasteiger partial charge is 0.246 e. The monoisotopic (exact) mass is 334 g/mol. The van der Waals surface area contributed by atoms with Gasteiger partial charge in [-0.3, -0.25) is 9.48 Å². The van der Waals surface area contributed by atoms with Gasteiger partial charge >= 0.3 is 0 Å². The van der Waals surface area contributed by atoms with Crippen molar-refractivity contribution in [3.63, 3.8) is 0 Å². The van der Waals surface area contributed by atoms with Crippen LogP contribution in [0.2, 0.25) is 10.0 Å². The third kappa shape index (κ3) is 2.86. The Balaban J connectivity index is 1.81. The number of benzene rings is 2. The number of hydrogen-bond acceptors (Lipinski definition) is 3. The highest BCUT2D eigenvalue weighted by Gasteiger charge is 2.11. The third-order valence-electron chi connectivity index (χ3n) is 3.19. The lowest BCUT2D eigenvalue weighted by Gasteiger charge is -2.09. The van der Waals surface area contributed by atoms with Crippen LogP contribution in [0.5, 0.6) is 0 Å². The van der Waals surface area contributed by atoms with Gasteiger partial charge in [-0.25, -0.2) is 0 Å². The summed E-state index contributed by atoms with van der Waals surface area (Å²) in [6.45, 7) is 0.0514. The highest BCUT2D eigenvalue weighted by molar-refractivity contribution is 6.43. The number of carbonyl (C=O) groups is 1. The molecule has 0 fully saturated rings. The van der Waals surface area contributed by atoms with E-state index in [0.29, 0.717) is 21.4 Å². The Labute approximate surface area is 136 Å². The highest BCUT2D eigenvalue weighted by Crippen LogP contribution is 2.29. The number of nitrogen functional groups attached to an aromatic ring is 1. The average molecular weight is 335 g/mol. The normalized spacial score (nSPS) is 10.8. The van der Waals surface area contributed by atoms with E-state index in [0.717, 1.165) is 10.9 Å². The van der Waals surface area contributed by atoms with Crippen LogP contribution in [-0.2, 0) is 11.3 Å². The van der Waals surface area contributed by atoms with Gasteiger partial charge in [0.1, 0.15) is 6.54 Å². The number of fused-ring (bicyclic) bond motifs is 1. The number of aromatic nitrogens is 2. The van der Waals surface area contributed by atoms with Crippen molar-refractivity contribution in [2.45, 2.75) is 6.54 Å². The Kier molecular flexibility index (Phi) is 3.92. The molecule has 3 aromatic rings. The Morgan fingerprint density at radius 2 is 2.09 bits per heavy atom. The summed E-state index contributed by atoms with van der Waals surface area (Å²) >= 11 is 12.0. The molecule has 0 saturated heterocycles. The molecule has 3 rings (SSSR count). The summed E-state index contributed by atoms with van der Waals surface area (Å²) in [5, 5.41) is 8.54. The summed E-state index contributed by atoms with van der Waals surface area (Å²) in [6.07, 6.45) is 1.69. The predicted molar refractivity (Wildman–Crippen MR) is 89.2 cm³/mol. The van der Waals surface area contributed by atoms with E-state index in [1.165, 1.54) is 0 Å². The number of hydrogen-bond donors (Lipinski definition) is 2. The lowest BCUT2D eigenvalue weighted by atomic mass is 10.2. The van der Waals surface area contributed by atoms with Crippen LogP contribution in [0.1, 0.15) is 0 Å². The largest absolute Gasteiger partial charge is 0.399 e. The molecule has 0 saturated carbocycles. The molecule has 1 heterocycles.